The predicted octanol–water partition coefficient (Wildman–Crippen LogP) is 4.47. The van der Waals surface area contributed by atoms with Crippen molar-refractivity contribution in [3.05, 3.63) is 87.6 Å². The molecule has 0 spiro atoms. The van der Waals surface area contributed by atoms with Gasteiger partial charge in [-0.25, -0.2) is 0 Å². The molecule has 1 fully saturated rings. The Labute approximate surface area is 192 Å². The van der Waals surface area contributed by atoms with Gasteiger partial charge in [-0.3, -0.25) is 19.4 Å². The molecule has 0 radical (unpaired) electrons. The summed E-state index contributed by atoms with van der Waals surface area (Å²) < 4.78 is 0. The van der Waals surface area contributed by atoms with E-state index in [0.717, 1.165) is 44.0 Å². The zero-order chi connectivity index (χ0) is 22.1. The molecule has 0 aliphatic carbocycles. The first kappa shape index (κ1) is 20.9. The maximum absolute atomic E-state index is 13.2. The Morgan fingerprint density at radius 2 is 1.69 bits per heavy atom. The van der Waals surface area contributed by atoms with Crippen molar-refractivity contribution >= 4 is 28.8 Å². The van der Waals surface area contributed by atoms with Gasteiger partial charge in [0, 0.05) is 32.7 Å². The van der Waals surface area contributed by atoms with Gasteiger partial charge in [0.15, 0.2) is 0 Å². The molecule has 0 bridgehead atoms. The van der Waals surface area contributed by atoms with Crippen molar-refractivity contribution in [2.45, 2.75) is 19.4 Å². The van der Waals surface area contributed by atoms with Crippen LogP contribution in [-0.2, 0) is 6.54 Å². The molecule has 164 valence electrons. The number of carbonyl (C=O) groups is 2. The van der Waals surface area contributed by atoms with E-state index in [1.54, 1.807) is 17.4 Å². The zero-order valence-corrected chi connectivity index (χ0v) is 19.1. The van der Waals surface area contributed by atoms with Gasteiger partial charge >= 0.3 is 0 Å². The number of rotatable bonds is 6. The van der Waals surface area contributed by atoms with Crippen molar-refractivity contribution in [2.24, 2.45) is 0 Å². The average molecular weight is 446 g/mol. The van der Waals surface area contributed by atoms with Crippen LogP contribution in [0.2, 0.25) is 0 Å². The second-order valence-corrected chi connectivity index (χ2v) is 9.41. The lowest BCUT2D eigenvalue weighted by atomic mass is 10.0. The van der Waals surface area contributed by atoms with Crippen LogP contribution >= 0.6 is 11.3 Å². The molecule has 32 heavy (non-hydrogen) atoms. The highest BCUT2D eigenvalue weighted by Gasteiger charge is 2.38. The number of thiophene rings is 1. The van der Waals surface area contributed by atoms with Gasteiger partial charge in [0.05, 0.1) is 23.4 Å². The van der Waals surface area contributed by atoms with Crippen molar-refractivity contribution in [1.29, 1.82) is 0 Å². The summed E-state index contributed by atoms with van der Waals surface area (Å²) in [4.78, 5) is 32.3. The molecular formula is C26H27N3O2S. The van der Waals surface area contributed by atoms with Gasteiger partial charge in [0.1, 0.15) is 0 Å². The fraction of sp³-hybridized carbons (Fsp3) is 0.308. The molecule has 1 atom stereocenters. The molecule has 2 aliphatic rings. The quantitative estimate of drug-likeness (QED) is 0.525. The normalized spacial score (nSPS) is 17.7. The van der Waals surface area contributed by atoms with E-state index >= 15 is 0 Å². The summed E-state index contributed by atoms with van der Waals surface area (Å²) in [5, 5.41) is 3.96. The Hall–Kier alpha value is -2.96. The van der Waals surface area contributed by atoms with E-state index in [1.165, 1.54) is 10.5 Å². The molecule has 1 unspecified atom stereocenters. The molecule has 3 aromatic rings. The molecule has 1 aromatic heterocycles. The summed E-state index contributed by atoms with van der Waals surface area (Å²) in [5.74, 6) is 0.119. The molecule has 0 N–H and O–H groups in total. The van der Waals surface area contributed by atoms with Crippen LogP contribution < -0.4 is 4.90 Å². The van der Waals surface area contributed by atoms with Crippen LogP contribution in [0.1, 0.15) is 44.7 Å². The molecule has 6 heteroatoms. The number of hydrogen-bond acceptors (Lipinski definition) is 5. The van der Waals surface area contributed by atoms with Gasteiger partial charge in [-0.15, -0.1) is 0 Å². The fourth-order valence-corrected chi connectivity index (χ4v) is 5.39. The Morgan fingerprint density at radius 1 is 0.906 bits per heavy atom. The molecule has 2 aliphatic heterocycles. The molecule has 2 amide bonds. The third-order valence-corrected chi connectivity index (χ3v) is 7.24. The van der Waals surface area contributed by atoms with E-state index in [1.807, 2.05) is 29.0 Å². The molecule has 3 heterocycles. The average Bonchev–Trinajstić information content (AvgIpc) is 3.43. The minimum Gasteiger partial charge on any atom is -0.368 e. The van der Waals surface area contributed by atoms with Crippen LogP contribution in [0.4, 0.5) is 5.69 Å². The van der Waals surface area contributed by atoms with Crippen molar-refractivity contribution in [3.8, 4) is 0 Å². The third kappa shape index (κ3) is 3.96. The molecule has 5 nitrogen and oxygen atoms in total. The molecule has 1 saturated heterocycles. The summed E-state index contributed by atoms with van der Waals surface area (Å²) in [5.41, 5.74) is 4.35. The van der Waals surface area contributed by atoms with E-state index in [4.69, 9.17) is 0 Å². The van der Waals surface area contributed by atoms with Crippen LogP contribution in [-0.4, -0.2) is 54.3 Å². The SMILES string of the molecule is CC(CN1CCN(c2cccc3c2C(=O)N(Cc2ccsc2)C3=O)CC1)c1ccccc1. The number of benzene rings is 2. The number of piperazine rings is 1. The molecular weight excluding hydrogens is 418 g/mol. The van der Waals surface area contributed by atoms with Crippen molar-refractivity contribution in [3.63, 3.8) is 0 Å². The largest absolute Gasteiger partial charge is 0.368 e. The summed E-state index contributed by atoms with van der Waals surface area (Å²) in [6, 6.07) is 18.3. The maximum atomic E-state index is 13.2. The highest BCUT2D eigenvalue weighted by molar-refractivity contribution is 7.07. The van der Waals surface area contributed by atoms with E-state index in [9.17, 15) is 9.59 Å². The van der Waals surface area contributed by atoms with Gasteiger partial charge in [-0.1, -0.05) is 43.3 Å². The van der Waals surface area contributed by atoms with Crippen molar-refractivity contribution < 1.29 is 9.59 Å². The lowest BCUT2D eigenvalue weighted by Gasteiger charge is -2.37. The number of nitrogens with zero attached hydrogens (tertiary/aromatic N) is 3. The zero-order valence-electron chi connectivity index (χ0n) is 18.2. The first-order chi connectivity index (χ1) is 15.6. The predicted molar refractivity (Wildman–Crippen MR) is 128 cm³/mol. The molecule has 2 aromatic carbocycles. The summed E-state index contributed by atoms with van der Waals surface area (Å²) in [7, 11) is 0. The van der Waals surface area contributed by atoms with E-state index in [2.05, 4.69) is 47.1 Å². The number of fused-ring (bicyclic) bond motifs is 1. The standard InChI is InChI=1S/C26H27N3O2S/c1-19(21-6-3-2-4-7-21)16-27-11-13-28(14-12-27)23-9-5-8-22-24(23)26(31)29(25(22)30)17-20-10-15-32-18-20/h2-10,15,18-19H,11-14,16-17H2,1H3. The monoisotopic (exact) mass is 445 g/mol. The Morgan fingerprint density at radius 3 is 2.41 bits per heavy atom. The van der Waals surface area contributed by atoms with Gasteiger partial charge in [0.2, 0.25) is 0 Å². The number of imide groups is 1. The van der Waals surface area contributed by atoms with Crippen LogP contribution in [0.5, 0.6) is 0 Å². The van der Waals surface area contributed by atoms with Crippen LogP contribution in [0.15, 0.2) is 65.4 Å². The van der Waals surface area contributed by atoms with E-state index < -0.39 is 0 Å². The van der Waals surface area contributed by atoms with Gasteiger partial charge in [-0.05, 0) is 46.0 Å². The lowest BCUT2D eigenvalue weighted by molar-refractivity contribution is 0.0642. The van der Waals surface area contributed by atoms with Gasteiger partial charge in [0.25, 0.3) is 11.8 Å². The summed E-state index contributed by atoms with van der Waals surface area (Å²) >= 11 is 1.58. The Kier molecular flexibility index (Phi) is 5.81. The molecule has 5 rings (SSSR count). The van der Waals surface area contributed by atoms with Gasteiger partial charge in [-0.2, -0.15) is 11.3 Å². The Bertz CT molecular complexity index is 1110. The van der Waals surface area contributed by atoms with E-state index in [0.29, 0.717) is 23.6 Å². The lowest BCUT2D eigenvalue weighted by Crippen LogP contribution is -2.47. The van der Waals surface area contributed by atoms with Gasteiger partial charge < -0.3 is 4.90 Å². The highest BCUT2D eigenvalue weighted by Crippen LogP contribution is 2.33. The van der Waals surface area contributed by atoms with Crippen LogP contribution in [0, 0.1) is 0 Å². The maximum Gasteiger partial charge on any atom is 0.263 e. The number of amides is 2. The minimum absolute atomic E-state index is 0.174. The second kappa shape index (κ2) is 8.88. The number of hydrogen-bond donors (Lipinski definition) is 0. The van der Waals surface area contributed by atoms with Crippen LogP contribution in [0.3, 0.4) is 0 Å². The Balaban J connectivity index is 1.28. The fourth-order valence-electron chi connectivity index (χ4n) is 4.73. The molecule has 0 saturated carbocycles. The number of anilines is 1. The topological polar surface area (TPSA) is 43.9 Å². The first-order valence-corrected chi connectivity index (χ1v) is 12.1. The number of carbonyl (C=O) groups excluding carboxylic acids is 2. The van der Waals surface area contributed by atoms with Crippen LogP contribution in [0.25, 0.3) is 0 Å². The van der Waals surface area contributed by atoms with E-state index in [-0.39, 0.29) is 11.8 Å². The smallest absolute Gasteiger partial charge is 0.263 e. The second-order valence-electron chi connectivity index (χ2n) is 8.63. The summed E-state index contributed by atoms with van der Waals surface area (Å²) in [6.07, 6.45) is 0. The third-order valence-electron chi connectivity index (χ3n) is 6.51. The first-order valence-electron chi connectivity index (χ1n) is 11.1. The summed E-state index contributed by atoms with van der Waals surface area (Å²) in [6.45, 7) is 7.23. The van der Waals surface area contributed by atoms with Crippen molar-refractivity contribution in [1.82, 2.24) is 9.80 Å². The minimum atomic E-state index is -0.187. The highest BCUT2D eigenvalue weighted by atomic mass is 32.1. The van der Waals surface area contributed by atoms with Crippen molar-refractivity contribution in [2.75, 3.05) is 37.6 Å².